The first kappa shape index (κ1) is 7.39. The van der Waals surface area contributed by atoms with Crippen LogP contribution in [-0.4, -0.2) is 12.4 Å². The monoisotopic (exact) mass is 116 g/mol. The number of nitrogens with zero attached hydrogens (tertiary/aromatic N) is 1. The van der Waals surface area contributed by atoms with Crippen molar-refractivity contribution >= 4 is 5.84 Å². The van der Waals surface area contributed by atoms with E-state index in [9.17, 15) is 0 Å². The SMILES string of the molecule is CCN=C(C)NNN. The molecule has 8 heavy (non-hydrogen) atoms. The number of amidine groups is 1. The molecule has 0 aliphatic heterocycles. The predicted octanol–water partition coefficient (Wildman–Crippen LogP) is -0.607. The van der Waals surface area contributed by atoms with Gasteiger partial charge in [-0.25, -0.2) is 0 Å². The molecule has 0 spiro atoms. The smallest absolute Gasteiger partial charge is 0.108 e. The number of rotatable bonds is 2. The lowest BCUT2D eigenvalue weighted by atomic mass is 10.7. The summed E-state index contributed by atoms with van der Waals surface area (Å²) in [6.07, 6.45) is 0. The summed E-state index contributed by atoms with van der Waals surface area (Å²) >= 11 is 0. The van der Waals surface area contributed by atoms with Gasteiger partial charge in [0.1, 0.15) is 5.84 Å². The fourth-order valence-electron chi connectivity index (χ4n) is 0.381. The Bertz CT molecular complexity index is 78.1. The number of aliphatic imine (C=N–C) groups is 1. The molecule has 0 aromatic carbocycles. The quantitative estimate of drug-likeness (QED) is 0.195. The minimum absolute atomic E-state index is 0.778. The topological polar surface area (TPSA) is 62.4 Å². The summed E-state index contributed by atoms with van der Waals surface area (Å²) in [5.74, 6) is 5.72. The highest BCUT2D eigenvalue weighted by Crippen LogP contribution is 1.67. The van der Waals surface area contributed by atoms with Gasteiger partial charge in [0.15, 0.2) is 0 Å². The van der Waals surface area contributed by atoms with Crippen molar-refractivity contribution in [3.05, 3.63) is 0 Å². The molecular formula is C4H12N4. The van der Waals surface area contributed by atoms with Crippen molar-refractivity contribution in [2.45, 2.75) is 13.8 Å². The van der Waals surface area contributed by atoms with Crippen molar-refractivity contribution in [1.29, 1.82) is 0 Å². The second kappa shape index (κ2) is 4.55. The fraction of sp³-hybridized carbons (Fsp3) is 0.750. The Balaban J connectivity index is 3.29. The van der Waals surface area contributed by atoms with Gasteiger partial charge in [-0.1, -0.05) is 0 Å². The van der Waals surface area contributed by atoms with E-state index in [4.69, 9.17) is 5.84 Å². The first-order valence-corrected chi connectivity index (χ1v) is 2.54. The standard InChI is InChI=1S/C4H12N4/c1-3-6-4(2)7-8-5/h8H,3,5H2,1-2H3,(H,6,7). The summed E-state index contributed by atoms with van der Waals surface area (Å²) in [7, 11) is 0. The van der Waals surface area contributed by atoms with E-state index in [2.05, 4.69) is 16.0 Å². The summed E-state index contributed by atoms with van der Waals surface area (Å²) in [4.78, 5) is 3.98. The fourth-order valence-corrected chi connectivity index (χ4v) is 0.381. The molecule has 0 aromatic heterocycles. The lowest BCUT2D eigenvalue weighted by molar-refractivity contribution is 0.690. The normalized spacial score (nSPS) is 11.6. The first-order valence-electron chi connectivity index (χ1n) is 2.54. The average Bonchev–Trinajstić information content (AvgIpc) is 1.68. The zero-order chi connectivity index (χ0) is 6.41. The third-order valence-electron chi connectivity index (χ3n) is 0.648. The van der Waals surface area contributed by atoms with Crippen molar-refractivity contribution in [2.75, 3.05) is 6.54 Å². The van der Waals surface area contributed by atoms with Crippen LogP contribution in [0, 0.1) is 0 Å². The Kier molecular flexibility index (Phi) is 4.20. The molecule has 4 N–H and O–H groups in total. The third kappa shape index (κ3) is 3.58. The highest BCUT2D eigenvalue weighted by atomic mass is 15.5. The maximum atomic E-state index is 4.92. The van der Waals surface area contributed by atoms with E-state index in [0.717, 1.165) is 12.4 Å². The van der Waals surface area contributed by atoms with Crippen LogP contribution in [0.1, 0.15) is 13.8 Å². The Morgan fingerprint density at radius 3 is 2.75 bits per heavy atom. The molecule has 4 nitrogen and oxygen atoms in total. The van der Waals surface area contributed by atoms with E-state index < -0.39 is 0 Å². The molecule has 0 aromatic rings. The zero-order valence-electron chi connectivity index (χ0n) is 5.23. The summed E-state index contributed by atoms with van der Waals surface area (Å²) < 4.78 is 0. The highest BCUT2D eigenvalue weighted by Gasteiger charge is 1.79. The van der Waals surface area contributed by atoms with E-state index in [-0.39, 0.29) is 0 Å². The predicted molar refractivity (Wildman–Crippen MR) is 34.1 cm³/mol. The van der Waals surface area contributed by atoms with Gasteiger partial charge in [-0.3, -0.25) is 16.3 Å². The molecule has 0 radical (unpaired) electrons. The number of nitrogens with two attached hydrogens (primary N) is 1. The number of nitrogens with one attached hydrogen (secondary N) is 2. The molecule has 48 valence electrons. The summed E-state index contributed by atoms with van der Waals surface area (Å²) in [6.45, 7) is 4.57. The van der Waals surface area contributed by atoms with E-state index in [1.807, 2.05) is 13.8 Å². The Labute approximate surface area is 49.1 Å². The maximum Gasteiger partial charge on any atom is 0.108 e. The van der Waals surface area contributed by atoms with E-state index in [1.165, 1.54) is 0 Å². The van der Waals surface area contributed by atoms with Crippen molar-refractivity contribution in [3.63, 3.8) is 0 Å². The first-order chi connectivity index (χ1) is 3.81. The molecule has 0 unspecified atom stereocenters. The Hall–Kier alpha value is -0.610. The van der Waals surface area contributed by atoms with Gasteiger partial charge in [-0.2, -0.15) is 5.53 Å². The largest absolute Gasteiger partial charge is 0.296 e. The van der Waals surface area contributed by atoms with Gasteiger partial charge in [0.05, 0.1) is 0 Å². The van der Waals surface area contributed by atoms with Crippen molar-refractivity contribution in [1.82, 2.24) is 11.0 Å². The molecule has 0 fully saturated rings. The van der Waals surface area contributed by atoms with Gasteiger partial charge < -0.3 is 0 Å². The lowest BCUT2D eigenvalue weighted by Crippen LogP contribution is -2.41. The van der Waals surface area contributed by atoms with Crippen LogP contribution in [0.5, 0.6) is 0 Å². The van der Waals surface area contributed by atoms with Crippen LogP contribution < -0.4 is 16.8 Å². The molecule has 0 aliphatic carbocycles. The van der Waals surface area contributed by atoms with Crippen molar-refractivity contribution < 1.29 is 0 Å². The molecule has 0 saturated carbocycles. The van der Waals surface area contributed by atoms with Crippen LogP contribution in [0.2, 0.25) is 0 Å². The second-order valence-corrected chi connectivity index (χ2v) is 1.33. The molecule has 0 heterocycles. The van der Waals surface area contributed by atoms with Gasteiger partial charge >= 0.3 is 0 Å². The van der Waals surface area contributed by atoms with Gasteiger partial charge in [-0.15, -0.1) is 0 Å². The van der Waals surface area contributed by atoms with Crippen LogP contribution in [0.3, 0.4) is 0 Å². The maximum absolute atomic E-state index is 4.92. The Morgan fingerprint density at radius 2 is 2.38 bits per heavy atom. The van der Waals surface area contributed by atoms with Crippen molar-refractivity contribution in [2.24, 2.45) is 10.8 Å². The molecular weight excluding hydrogens is 104 g/mol. The van der Waals surface area contributed by atoms with Crippen LogP contribution >= 0.6 is 0 Å². The molecule has 4 heteroatoms. The molecule has 0 rings (SSSR count). The summed E-state index contributed by atoms with van der Waals surface area (Å²) in [5.41, 5.74) is 4.90. The van der Waals surface area contributed by atoms with Gasteiger partial charge in [0.25, 0.3) is 0 Å². The summed E-state index contributed by atoms with van der Waals surface area (Å²) in [5, 5.41) is 0. The van der Waals surface area contributed by atoms with Crippen LogP contribution in [0.25, 0.3) is 0 Å². The zero-order valence-corrected chi connectivity index (χ0v) is 5.23. The average molecular weight is 116 g/mol. The number of hydrazine groups is 2. The van der Waals surface area contributed by atoms with E-state index >= 15 is 0 Å². The van der Waals surface area contributed by atoms with Crippen molar-refractivity contribution in [3.8, 4) is 0 Å². The molecule has 0 atom stereocenters. The third-order valence-corrected chi connectivity index (χ3v) is 0.648. The summed E-state index contributed by atoms with van der Waals surface area (Å²) in [6, 6.07) is 0. The molecule has 0 amide bonds. The van der Waals surface area contributed by atoms with Crippen LogP contribution in [0.4, 0.5) is 0 Å². The van der Waals surface area contributed by atoms with E-state index in [0.29, 0.717) is 0 Å². The van der Waals surface area contributed by atoms with E-state index in [1.54, 1.807) is 0 Å². The Morgan fingerprint density at radius 1 is 1.75 bits per heavy atom. The second-order valence-electron chi connectivity index (χ2n) is 1.33. The number of hydrogen-bond acceptors (Lipinski definition) is 3. The van der Waals surface area contributed by atoms with Gasteiger partial charge in [-0.05, 0) is 13.8 Å². The van der Waals surface area contributed by atoms with Gasteiger partial charge in [0, 0.05) is 6.54 Å². The number of hydrogen-bond donors (Lipinski definition) is 3. The lowest BCUT2D eigenvalue weighted by Gasteiger charge is -1.99. The van der Waals surface area contributed by atoms with Crippen LogP contribution in [-0.2, 0) is 0 Å². The highest BCUT2D eigenvalue weighted by molar-refractivity contribution is 5.78. The minimum atomic E-state index is 0.778. The molecule has 0 aliphatic rings. The van der Waals surface area contributed by atoms with Crippen LogP contribution in [0.15, 0.2) is 4.99 Å². The molecule has 0 bridgehead atoms. The van der Waals surface area contributed by atoms with Gasteiger partial charge in [0.2, 0.25) is 0 Å². The minimum Gasteiger partial charge on any atom is -0.296 e. The molecule has 0 saturated heterocycles.